The molecule has 2 N–H and O–H groups in total. The number of benzene rings is 1. The second kappa shape index (κ2) is 6.77. The summed E-state index contributed by atoms with van der Waals surface area (Å²) < 4.78 is 37.8. The molecule has 1 aromatic carbocycles. The highest BCUT2D eigenvalue weighted by Gasteiger charge is 2.31. The van der Waals surface area contributed by atoms with Crippen LogP contribution in [0.5, 0.6) is 0 Å². The van der Waals surface area contributed by atoms with Crippen LogP contribution in [0.15, 0.2) is 24.3 Å². The second-order valence-electron chi connectivity index (χ2n) is 4.33. The molecule has 0 aliphatic rings. The molecule has 108 valence electrons. The highest BCUT2D eigenvalue weighted by atomic mass is 19.4. The maximum Gasteiger partial charge on any atom is 0.405 e. The molecule has 0 saturated carbocycles. The number of hydrogen-bond acceptors (Lipinski definition) is 3. The van der Waals surface area contributed by atoms with Crippen LogP contribution in [0.4, 0.5) is 18.9 Å². The topological polar surface area (TPSA) is 35.5 Å². The molecule has 0 aliphatic carbocycles. The SMILES string of the molecule is CNC(C)c1ccccc1N(CCO)CC(F)(F)F. The lowest BCUT2D eigenvalue weighted by Gasteiger charge is -2.29. The van der Waals surface area contributed by atoms with Gasteiger partial charge in [0.05, 0.1) is 6.61 Å². The fraction of sp³-hybridized carbons (Fsp3) is 0.538. The molecule has 1 atom stereocenters. The number of aliphatic hydroxyl groups is 1. The Morgan fingerprint density at radius 1 is 1.32 bits per heavy atom. The third-order valence-corrected chi connectivity index (χ3v) is 2.92. The van der Waals surface area contributed by atoms with Crippen molar-refractivity contribution in [3.05, 3.63) is 29.8 Å². The van der Waals surface area contributed by atoms with Crippen LogP contribution in [0, 0.1) is 0 Å². The molecular formula is C13H19F3N2O. The molecule has 0 aliphatic heterocycles. The maximum atomic E-state index is 12.6. The summed E-state index contributed by atoms with van der Waals surface area (Å²) >= 11 is 0. The molecule has 19 heavy (non-hydrogen) atoms. The van der Waals surface area contributed by atoms with Crippen molar-refractivity contribution in [2.45, 2.75) is 19.1 Å². The van der Waals surface area contributed by atoms with Gasteiger partial charge in [0.1, 0.15) is 6.54 Å². The van der Waals surface area contributed by atoms with Crippen LogP contribution in [0.25, 0.3) is 0 Å². The standard InChI is InChI=1S/C13H19F3N2O/c1-10(17-2)11-5-3-4-6-12(11)18(7-8-19)9-13(14,15)16/h3-6,10,17,19H,7-9H2,1-2H3. The van der Waals surface area contributed by atoms with E-state index in [9.17, 15) is 13.2 Å². The summed E-state index contributed by atoms with van der Waals surface area (Å²) in [5, 5.41) is 12.0. The van der Waals surface area contributed by atoms with Gasteiger partial charge >= 0.3 is 6.18 Å². The van der Waals surface area contributed by atoms with Crippen molar-refractivity contribution in [2.75, 3.05) is 31.6 Å². The van der Waals surface area contributed by atoms with Crippen LogP contribution in [-0.2, 0) is 0 Å². The zero-order valence-corrected chi connectivity index (χ0v) is 11.0. The zero-order valence-electron chi connectivity index (χ0n) is 11.0. The van der Waals surface area contributed by atoms with Crippen LogP contribution < -0.4 is 10.2 Å². The van der Waals surface area contributed by atoms with E-state index in [1.165, 1.54) is 0 Å². The van der Waals surface area contributed by atoms with Crippen molar-refractivity contribution >= 4 is 5.69 Å². The summed E-state index contributed by atoms with van der Waals surface area (Å²) in [7, 11) is 1.75. The van der Waals surface area contributed by atoms with E-state index in [0.717, 1.165) is 10.5 Å². The van der Waals surface area contributed by atoms with Gasteiger partial charge in [0.25, 0.3) is 0 Å². The minimum atomic E-state index is -4.30. The van der Waals surface area contributed by atoms with Gasteiger partial charge in [-0.2, -0.15) is 13.2 Å². The Labute approximate surface area is 111 Å². The molecule has 1 rings (SSSR count). The van der Waals surface area contributed by atoms with Gasteiger partial charge in [-0.3, -0.25) is 0 Å². The zero-order chi connectivity index (χ0) is 14.5. The Morgan fingerprint density at radius 3 is 2.47 bits per heavy atom. The molecule has 3 nitrogen and oxygen atoms in total. The number of alkyl halides is 3. The van der Waals surface area contributed by atoms with Crippen molar-refractivity contribution in [3.63, 3.8) is 0 Å². The summed E-state index contributed by atoms with van der Waals surface area (Å²) in [5.74, 6) is 0. The Kier molecular flexibility index (Phi) is 5.62. The summed E-state index contributed by atoms with van der Waals surface area (Å²) in [6.45, 7) is 0.440. The van der Waals surface area contributed by atoms with Crippen molar-refractivity contribution in [3.8, 4) is 0 Å². The number of rotatable bonds is 6. The molecule has 1 aromatic rings. The number of aliphatic hydroxyl groups excluding tert-OH is 1. The molecule has 0 spiro atoms. The third kappa shape index (κ3) is 4.72. The first-order valence-electron chi connectivity index (χ1n) is 6.07. The van der Waals surface area contributed by atoms with E-state index in [2.05, 4.69) is 5.32 Å². The molecule has 0 heterocycles. The van der Waals surface area contributed by atoms with Gasteiger partial charge in [-0.25, -0.2) is 0 Å². The van der Waals surface area contributed by atoms with Crippen molar-refractivity contribution in [2.24, 2.45) is 0 Å². The van der Waals surface area contributed by atoms with Crippen LogP contribution >= 0.6 is 0 Å². The first-order chi connectivity index (χ1) is 8.89. The lowest BCUT2D eigenvalue weighted by Crippen LogP contribution is -2.37. The van der Waals surface area contributed by atoms with Gasteiger partial charge in [-0.15, -0.1) is 0 Å². The summed E-state index contributed by atoms with van der Waals surface area (Å²) in [4.78, 5) is 1.16. The van der Waals surface area contributed by atoms with Gasteiger partial charge < -0.3 is 15.3 Å². The monoisotopic (exact) mass is 276 g/mol. The number of para-hydroxylation sites is 1. The van der Waals surface area contributed by atoms with Crippen LogP contribution in [0.3, 0.4) is 0 Å². The quantitative estimate of drug-likeness (QED) is 0.837. The normalized spacial score (nSPS) is 13.4. The number of hydrogen-bond donors (Lipinski definition) is 2. The van der Waals surface area contributed by atoms with Crippen molar-refractivity contribution in [1.29, 1.82) is 0 Å². The highest BCUT2D eigenvalue weighted by Crippen LogP contribution is 2.28. The third-order valence-electron chi connectivity index (χ3n) is 2.92. The average Bonchev–Trinajstić information content (AvgIpc) is 2.36. The Hall–Kier alpha value is -1.27. The predicted octanol–water partition coefficient (Wildman–Crippen LogP) is 2.33. The molecule has 0 radical (unpaired) electrons. The van der Waals surface area contributed by atoms with Crippen molar-refractivity contribution < 1.29 is 18.3 Å². The lowest BCUT2D eigenvalue weighted by atomic mass is 10.1. The number of anilines is 1. The summed E-state index contributed by atoms with van der Waals surface area (Å²) in [5.41, 5.74) is 1.28. The Morgan fingerprint density at radius 2 is 1.95 bits per heavy atom. The van der Waals surface area contributed by atoms with Gasteiger partial charge in [0.2, 0.25) is 0 Å². The molecule has 0 amide bonds. The summed E-state index contributed by atoms with van der Waals surface area (Å²) in [6, 6.07) is 6.85. The van der Waals surface area contributed by atoms with Gasteiger partial charge in [-0.05, 0) is 25.6 Å². The van der Waals surface area contributed by atoms with Crippen molar-refractivity contribution in [1.82, 2.24) is 5.32 Å². The van der Waals surface area contributed by atoms with E-state index in [4.69, 9.17) is 5.11 Å². The van der Waals surface area contributed by atoms with E-state index in [0.29, 0.717) is 5.69 Å². The van der Waals surface area contributed by atoms with Gasteiger partial charge in [0.15, 0.2) is 0 Å². The fourth-order valence-electron chi connectivity index (χ4n) is 1.92. The Balaban J connectivity index is 3.08. The van der Waals surface area contributed by atoms with Crippen LogP contribution in [0.1, 0.15) is 18.5 Å². The van der Waals surface area contributed by atoms with Gasteiger partial charge in [-0.1, -0.05) is 18.2 Å². The van der Waals surface area contributed by atoms with Crippen LogP contribution in [-0.4, -0.2) is 38.0 Å². The molecular weight excluding hydrogens is 257 g/mol. The molecule has 1 unspecified atom stereocenters. The largest absolute Gasteiger partial charge is 0.405 e. The van der Waals surface area contributed by atoms with Crippen LogP contribution in [0.2, 0.25) is 0 Å². The summed E-state index contributed by atoms with van der Waals surface area (Å²) in [6.07, 6.45) is -4.30. The van der Waals surface area contributed by atoms with E-state index in [1.807, 2.05) is 6.92 Å². The van der Waals surface area contributed by atoms with Gasteiger partial charge in [0, 0.05) is 18.3 Å². The number of nitrogens with one attached hydrogen (secondary N) is 1. The molecule has 0 fully saturated rings. The van der Waals surface area contributed by atoms with E-state index < -0.39 is 12.7 Å². The van der Waals surface area contributed by atoms with E-state index >= 15 is 0 Å². The highest BCUT2D eigenvalue weighted by molar-refractivity contribution is 5.55. The maximum absolute atomic E-state index is 12.6. The lowest BCUT2D eigenvalue weighted by molar-refractivity contribution is -0.119. The first kappa shape index (κ1) is 15.8. The minimum Gasteiger partial charge on any atom is -0.395 e. The molecule has 0 aromatic heterocycles. The molecule has 0 saturated heterocycles. The first-order valence-corrected chi connectivity index (χ1v) is 6.07. The minimum absolute atomic E-state index is 0.0487. The molecule has 6 heteroatoms. The predicted molar refractivity (Wildman–Crippen MR) is 69.3 cm³/mol. The Bertz CT molecular complexity index is 396. The molecule has 0 bridgehead atoms. The second-order valence-corrected chi connectivity index (χ2v) is 4.33. The van der Waals surface area contributed by atoms with E-state index in [-0.39, 0.29) is 19.2 Å². The fourth-order valence-corrected chi connectivity index (χ4v) is 1.92. The number of nitrogens with zero attached hydrogens (tertiary/aromatic N) is 1. The van der Waals surface area contributed by atoms with E-state index in [1.54, 1.807) is 31.3 Å². The number of halogens is 3. The average molecular weight is 276 g/mol. The smallest absolute Gasteiger partial charge is 0.395 e.